The molecule has 0 radical (unpaired) electrons. The summed E-state index contributed by atoms with van der Waals surface area (Å²) in [5.41, 5.74) is 2.54. The number of sulfonamides is 1. The molecule has 0 aliphatic carbocycles. The van der Waals surface area contributed by atoms with Crippen LogP contribution in [-0.2, 0) is 26.0 Å². The second-order valence-electron chi connectivity index (χ2n) is 9.90. The molecule has 0 bridgehead atoms. The molecule has 0 fully saturated rings. The van der Waals surface area contributed by atoms with E-state index in [0.29, 0.717) is 37.5 Å². The summed E-state index contributed by atoms with van der Waals surface area (Å²) in [6, 6.07) is 16.3. The van der Waals surface area contributed by atoms with Crippen molar-refractivity contribution in [2.45, 2.75) is 59.4 Å². The van der Waals surface area contributed by atoms with Crippen LogP contribution in [0.2, 0.25) is 0 Å². The lowest BCUT2D eigenvalue weighted by atomic mass is 10.0. The molecule has 0 aromatic heterocycles. The van der Waals surface area contributed by atoms with E-state index in [0.717, 1.165) is 21.7 Å². The zero-order chi connectivity index (χ0) is 26.9. The van der Waals surface area contributed by atoms with Gasteiger partial charge in [0, 0.05) is 13.1 Å². The normalized spacial score (nSPS) is 12.4. The molecule has 0 spiro atoms. The number of anilines is 1. The lowest BCUT2D eigenvalue weighted by Crippen LogP contribution is -2.53. The third-order valence-electron chi connectivity index (χ3n) is 6.08. The van der Waals surface area contributed by atoms with Crippen molar-refractivity contribution >= 4 is 27.5 Å². The van der Waals surface area contributed by atoms with Crippen molar-refractivity contribution in [3.05, 3.63) is 65.7 Å². The van der Waals surface area contributed by atoms with Crippen LogP contribution in [0.1, 0.15) is 58.1 Å². The molecule has 2 aromatic carbocycles. The summed E-state index contributed by atoms with van der Waals surface area (Å²) in [5.74, 6) is -0.0550. The largest absolute Gasteiger partial charge is 0.354 e. The maximum absolute atomic E-state index is 13.7. The molecule has 0 aliphatic rings. The Morgan fingerprint density at radius 2 is 1.56 bits per heavy atom. The molecule has 0 aliphatic heterocycles. The highest BCUT2D eigenvalue weighted by atomic mass is 32.2. The topological polar surface area (TPSA) is 86.8 Å². The number of benzene rings is 2. The first kappa shape index (κ1) is 29.4. The predicted molar refractivity (Wildman–Crippen MR) is 147 cm³/mol. The van der Waals surface area contributed by atoms with E-state index in [9.17, 15) is 18.0 Å². The minimum atomic E-state index is -3.74. The molecule has 2 rings (SSSR count). The fourth-order valence-corrected chi connectivity index (χ4v) is 4.81. The molecule has 0 saturated carbocycles. The maximum Gasteiger partial charge on any atom is 0.244 e. The Hall–Kier alpha value is -2.87. The Labute approximate surface area is 216 Å². The van der Waals surface area contributed by atoms with E-state index in [2.05, 4.69) is 19.2 Å². The Bertz CT molecular complexity index is 1080. The molecule has 0 unspecified atom stereocenters. The van der Waals surface area contributed by atoms with Crippen molar-refractivity contribution < 1.29 is 18.0 Å². The number of amides is 2. The molecular formula is C28H41N3O4S. The Morgan fingerprint density at radius 1 is 0.944 bits per heavy atom. The van der Waals surface area contributed by atoms with Gasteiger partial charge in [0.25, 0.3) is 0 Å². The van der Waals surface area contributed by atoms with Gasteiger partial charge in [-0.15, -0.1) is 0 Å². The minimum Gasteiger partial charge on any atom is -0.354 e. The maximum atomic E-state index is 13.7. The van der Waals surface area contributed by atoms with Gasteiger partial charge in [-0.05, 0) is 47.9 Å². The van der Waals surface area contributed by atoms with Gasteiger partial charge in [0.2, 0.25) is 21.8 Å². The van der Waals surface area contributed by atoms with Crippen LogP contribution in [0.5, 0.6) is 0 Å². The van der Waals surface area contributed by atoms with Gasteiger partial charge in [0.05, 0.1) is 11.9 Å². The van der Waals surface area contributed by atoms with Crippen LogP contribution in [0, 0.1) is 5.92 Å². The number of carbonyl (C=O) groups is 2. The summed E-state index contributed by atoms with van der Waals surface area (Å²) in [6.07, 6.45) is 2.08. The van der Waals surface area contributed by atoms with Gasteiger partial charge < -0.3 is 10.2 Å². The van der Waals surface area contributed by atoms with Gasteiger partial charge >= 0.3 is 0 Å². The van der Waals surface area contributed by atoms with Crippen LogP contribution in [0.25, 0.3) is 0 Å². The average molecular weight is 516 g/mol. The first-order chi connectivity index (χ1) is 16.9. The van der Waals surface area contributed by atoms with Crippen molar-refractivity contribution in [1.82, 2.24) is 10.2 Å². The minimum absolute atomic E-state index is 0.222. The van der Waals surface area contributed by atoms with E-state index in [4.69, 9.17) is 0 Å². The van der Waals surface area contributed by atoms with E-state index >= 15 is 0 Å². The van der Waals surface area contributed by atoms with Crippen LogP contribution in [-0.4, -0.2) is 57.1 Å². The molecule has 1 N–H and O–H groups in total. The van der Waals surface area contributed by atoms with Crippen LogP contribution in [0.3, 0.4) is 0 Å². The second-order valence-corrected chi connectivity index (χ2v) is 11.8. The highest BCUT2D eigenvalue weighted by molar-refractivity contribution is 7.92. The fourth-order valence-electron chi connectivity index (χ4n) is 3.96. The van der Waals surface area contributed by atoms with Gasteiger partial charge in [0.1, 0.15) is 12.6 Å². The molecule has 2 amide bonds. The van der Waals surface area contributed by atoms with Gasteiger partial charge in [-0.25, -0.2) is 8.42 Å². The highest BCUT2D eigenvalue weighted by Gasteiger charge is 2.31. The van der Waals surface area contributed by atoms with E-state index in [1.165, 1.54) is 4.90 Å². The standard InChI is InChI=1S/C28H41N3O4S/c1-7-26(28(33)29-19-21(2)3)30(18-17-23-11-9-8-10-12-23)27(32)20-31(36(6,34)35)25-15-13-24(14-16-25)22(4)5/h8-16,21-22,26H,7,17-20H2,1-6H3,(H,29,33)/t26-/m1/s1. The van der Waals surface area contributed by atoms with Crippen LogP contribution in [0.4, 0.5) is 5.69 Å². The second kappa shape index (κ2) is 13.4. The quantitative estimate of drug-likeness (QED) is 0.433. The molecule has 7 nitrogen and oxygen atoms in total. The van der Waals surface area contributed by atoms with Crippen molar-refractivity contribution in [3.63, 3.8) is 0 Å². The lowest BCUT2D eigenvalue weighted by molar-refractivity contribution is -0.139. The summed E-state index contributed by atoms with van der Waals surface area (Å²) >= 11 is 0. The third kappa shape index (κ3) is 8.66. The molecule has 2 aromatic rings. The van der Waals surface area contributed by atoms with Crippen molar-refractivity contribution in [3.8, 4) is 0 Å². The van der Waals surface area contributed by atoms with Crippen LogP contribution >= 0.6 is 0 Å². The smallest absolute Gasteiger partial charge is 0.244 e. The van der Waals surface area contributed by atoms with E-state index < -0.39 is 22.0 Å². The summed E-state index contributed by atoms with van der Waals surface area (Å²) in [4.78, 5) is 28.2. The van der Waals surface area contributed by atoms with Crippen molar-refractivity contribution in [1.29, 1.82) is 0 Å². The monoisotopic (exact) mass is 515 g/mol. The fraction of sp³-hybridized carbons (Fsp3) is 0.500. The molecule has 198 valence electrons. The van der Waals surface area contributed by atoms with Gasteiger partial charge in [-0.3, -0.25) is 13.9 Å². The van der Waals surface area contributed by atoms with E-state index in [1.54, 1.807) is 12.1 Å². The molecule has 1 atom stereocenters. The Morgan fingerprint density at radius 3 is 2.06 bits per heavy atom. The number of hydrogen-bond donors (Lipinski definition) is 1. The first-order valence-corrected chi connectivity index (χ1v) is 14.5. The lowest BCUT2D eigenvalue weighted by Gasteiger charge is -2.33. The summed E-state index contributed by atoms with van der Waals surface area (Å²) in [7, 11) is -3.74. The number of carbonyl (C=O) groups excluding carboxylic acids is 2. The number of rotatable bonds is 13. The van der Waals surface area contributed by atoms with Crippen molar-refractivity contribution in [2.24, 2.45) is 5.92 Å². The highest BCUT2D eigenvalue weighted by Crippen LogP contribution is 2.22. The zero-order valence-corrected chi connectivity index (χ0v) is 23.2. The third-order valence-corrected chi connectivity index (χ3v) is 7.22. The molecule has 0 heterocycles. The molecule has 36 heavy (non-hydrogen) atoms. The zero-order valence-electron chi connectivity index (χ0n) is 22.4. The molecule has 8 heteroatoms. The summed E-state index contributed by atoms with van der Waals surface area (Å²) < 4.78 is 26.5. The van der Waals surface area contributed by atoms with E-state index in [1.807, 2.05) is 63.2 Å². The molecule has 0 saturated heterocycles. The Balaban J connectivity index is 2.34. The first-order valence-electron chi connectivity index (χ1n) is 12.6. The van der Waals surface area contributed by atoms with Crippen LogP contribution < -0.4 is 9.62 Å². The van der Waals surface area contributed by atoms with Gasteiger partial charge in [-0.2, -0.15) is 0 Å². The predicted octanol–water partition coefficient (Wildman–Crippen LogP) is 4.20. The van der Waals surface area contributed by atoms with Crippen LogP contribution in [0.15, 0.2) is 54.6 Å². The average Bonchev–Trinajstić information content (AvgIpc) is 2.83. The van der Waals surface area contributed by atoms with E-state index in [-0.39, 0.29) is 18.4 Å². The SMILES string of the molecule is CC[C@H](C(=O)NCC(C)C)N(CCc1ccccc1)C(=O)CN(c1ccc(C(C)C)cc1)S(C)(=O)=O. The summed E-state index contributed by atoms with van der Waals surface area (Å²) in [5, 5.41) is 2.93. The Kier molecular flexibility index (Phi) is 11.0. The van der Waals surface area contributed by atoms with Gasteiger partial charge in [0.15, 0.2) is 0 Å². The number of hydrogen-bond acceptors (Lipinski definition) is 4. The number of nitrogens with one attached hydrogen (secondary N) is 1. The summed E-state index contributed by atoms with van der Waals surface area (Å²) in [6.45, 7) is 10.4. The van der Waals surface area contributed by atoms with Crippen molar-refractivity contribution in [2.75, 3.05) is 30.2 Å². The van der Waals surface area contributed by atoms with Gasteiger partial charge in [-0.1, -0.05) is 77.1 Å². The molecular weight excluding hydrogens is 474 g/mol. The number of nitrogens with zero attached hydrogens (tertiary/aromatic N) is 2.